The average Bonchev–Trinajstić information content (AvgIpc) is 2.88. The van der Waals surface area contributed by atoms with Crippen LogP contribution in [0, 0.1) is 6.92 Å². The van der Waals surface area contributed by atoms with Crippen molar-refractivity contribution in [3.63, 3.8) is 0 Å². The van der Waals surface area contributed by atoms with Gasteiger partial charge in [-0.15, -0.1) is 0 Å². The van der Waals surface area contributed by atoms with Crippen molar-refractivity contribution in [2.45, 2.75) is 20.0 Å². The zero-order valence-corrected chi connectivity index (χ0v) is 14.1. The van der Waals surface area contributed by atoms with E-state index in [-0.39, 0.29) is 6.17 Å². The highest BCUT2D eigenvalue weighted by Gasteiger charge is 2.44. The second-order valence-electron chi connectivity index (χ2n) is 6.03. The van der Waals surface area contributed by atoms with Gasteiger partial charge in [0.2, 0.25) is 5.82 Å². The summed E-state index contributed by atoms with van der Waals surface area (Å²) in [5.41, 5.74) is 2.38. The van der Waals surface area contributed by atoms with Gasteiger partial charge in [-0.25, -0.2) is 14.5 Å². The molecular formula is C19H20N5+. The third kappa shape index (κ3) is 2.12. The molecule has 5 nitrogen and oxygen atoms in total. The molecule has 0 saturated heterocycles. The zero-order valence-electron chi connectivity index (χ0n) is 14.1. The summed E-state index contributed by atoms with van der Waals surface area (Å²) < 4.78 is 2.11. The van der Waals surface area contributed by atoms with Crippen LogP contribution in [0.25, 0.3) is 0 Å². The van der Waals surface area contributed by atoms with Crippen molar-refractivity contribution in [1.82, 2.24) is 9.97 Å². The number of rotatable bonds is 2. The number of nitrogens with zero attached hydrogens (tertiary/aromatic N) is 5. The molecule has 0 fully saturated rings. The molecule has 120 valence electrons. The second kappa shape index (κ2) is 5.60. The van der Waals surface area contributed by atoms with E-state index in [1.54, 1.807) is 12.4 Å². The van der Waals surface area contributed by atoms with Crippen molar-refractivity contribution in [1.29, 1.82) is 0 Å². The highest BCUT2D eigenvalue weighted by Crippen LogP contribution is 2.44. The molecule has 0 bridgehead atoms. The number of benzene rings is 1. The van der Waals surface area contributed by atoms with Crippen molar-refractivity contribution in [2.24, 2.45) is 7.05 Å². The fourth-order valence-corrected chi connectivity index (χ4v) is 3.35. The monoisotopic (exact) mass is 318 g/mol. The minimum atomic E-state index is 0.0806. The molecule has 3 aromatic rings. The maximum absolute atomic E-state index is 4.63. The summed E-state index contributed by atoms with van der Waals surface area (Å²) in [7, 11) is 2.05. The van der Waals surface area contributed by atoms with Gasteiger partial charge in [-0.05, 0) is 31.5 Å². The van der Waals surface area contributed by atoms with E-state index in [1.165, 1.54) is 5.56 Å². The Morgan fingerprint density at radius 3 is 2.29 bits per heavy atom. The first-order valence-electron chi connectivity index (χ1n) is 8.08. The summed E-state index contributed by atoms with van der Waals surface area (Å²) in [5.74, 6) is 2.86. The summed E-state index contributed by atoms with van der Waals surface area (Å²) in [5, 5.41) is 0. The Hall–Kier alpha value is -2.95. The molecular weight excluding hydrogens is 298 g/mol. The Balaban J connectivity index is 1.91. The van der Waals surface area contributed by atoms with Gasteiger partial charge in [0.25, 0.3) is 11.6 Å². The van der Waals surface area contributed by atoms with Crippen LogP contribution >= 0.6 is 0 Å². The number of aryl methyl sites for hydroxylation is 2. The van der Waals surface area contributed by atoms with Crippen LogP contribution in [0.5, 0.6) is 0 Å². The van der Waals surface area contributed by atoms with Crippen molar-refractivity contribution < 1.29 is 4.57 Å². The van der Waals surface area contributed by atoms with Crippen molar-refractivity contribution in [3.8, 4) is 0 Å². The Labute approximate surface area is 141 Å². The molecule has 5 heteroatoms. The van der Waals surface area contributed by atoms with Crippen molar-refractivity contribution in [3.05, 3.63) is 66.6 Å². The molecule has 1 aliphatic rings. The molecule has 0 unspecified atom stereocenters. The summed E-state index contributed by atoms with van der Waals surface area (Å²) in [6.07, 6.45) is 5.64. The number of anilines is 4. The summed E-state index contributed by atoms with van der Waals surface area (Å²) in [6, 6.07) is 14.6. The molecule has 0 spiro atoms. The molecule has 1 aromatic carbocycles. The first kappa shape index (κ1) is 14.6. The largest absolute Gasteiger partial charge is 0.284 e. The molecule has 1 atom stereocenters. The van der Waals surface area contributed by atoms with Crippen LogP contribution in [0.3, 0.4) is 0 Å². The lowest BCUT2D eigenvalue weighted by Gasteiger charge is -2.25. The van der Waals surface area contributed by atoms with E-state index in [2.05, 4.69) is 87.8 Å². The highest BCUT2D eigenvalue weighted by molar-refractivity contribution is 5.82. The SMILES string of the molecule is Cc1ccccc1N1c2nccnc2N(c2cccc[n+]2C)[C@@H]1C. The molecule has 0 aliphatic carbocycles. The van der Waals surface area contributed by atoms with Crippen LogP contribution in [0.1, 0.15) is 12.5 Å². The molecule has 24 heavy (non-hydrogen) atoms. The lowest BCUT2D eigenvalue weighted by Crippen LogP contribution is -2.43. The van der Waals surface area contributed by atoms with Crippen LogP contribution in [-0.4, -0.2) is 16.1 Å². The van der Waals surface area contributed by atoms with Crippen LogP contribution in [-0.2, 0) is 7.05 Å². The van der Waals surface area contributed by atoms with Gasteiger partial charge in [0.15, 0.2) is 6.17 Å². The van der Waals surface area contributed by atoms with Gasteiger partial charge < -0.3 is 0 Å². The predicted molar refractivity (Wildman–Crippen MR) is 94.6 cm³/mol. The van der Waals surface area contributed by atoms with Crippen LogP contribution in [0.4, 0.5) is 23.1 Å². The first-order chi connectivity index (χ1) is 11.7. The number of hydrogen-bond donors (Lipinski definition) is 0. The van der Waals surface area contributed by atoms with E-state index < -0.39 is 0 Å². The van der Waals surface area contributed by atoms with Gasteiger partial charge in [0, 0.05) is 24.1 Å². The Bertz CT molecular complexity index is 820. The number of pyridine rings is 1. The first-order valence-corrected chi connectivity index (χ1v) is 8.08. The maximum atomic E-state index is 4.63. The molecule has 0 saturated carbocycles. The fourth-order valence-electron chi connectivity index (χ4n) is 3.35. The zero-order chi connectivity index (χ0) is 16.7. The normalized spacial score (nSPS) is 16.4. The summed E-state index contributed by atoms with van der Waals surface area (Å²) >= 11 is 0. The number of fused-ring (bicyclic) bond motifs is 1. The Morgan fingerprint density at radius 2 is 1.58 bits per heavy atom. The summed E-state index contributed by atoms with van der Waals surface area (Å²) in [4.78, 5) is 13.7. The van der Waals surface area contributed by atoms with Crippen LogP contribution < -0.4 is 14.4 Å². The second-order valence-corrected chi connectivity index (χ2v) is 6.03. The highest BCUT2D eigenvalue weighted by atomic mass is 15.5. The van der Waals surface area contributed by atoms with E-state index in [0.29, 0.717) is 0 Å². The standard InChI is InChI=1S/C19H20N5/c1-14-8-4-5-9-16(14)23-15(2)24(17-10-6-7-13-22(17)3)19-18(23)20-11-12-21-19/h4-13,15H,1-3H3/q+1/t15-/m1/s1. The molecule has 0 amide bonds. The quantitative estimate of drug-likeness (QED) is 0.680. The van der Waals surface area contributed by atoms with Crippen molar-refractivity contribution in [2.75, 3.05) is 9.80 Å². The van der Waals surface area contributed by atoms with E-state index >= 15 is 0 Å². The molecule has 2 aromatic heterocycles. The molecule has 3 heterocycles. The molecule has 0 radical (unpaired) electrons. The van der Waals surface area contributed by atoms with Gasteiger partial charge in [-0.3, -0.25) is 4.90 Å². The smallest absolute Gasteiger partial charge is 0.281 e. The third-order valence-corrected chi connectivity index (χ3v) is 4.51. The Morgan fingerprint density at radius 1 is 0.917 bits per heavy atom. The van der Waals surface area contributed by atoms with Crippen molar-refractivity contribution >= 4 is 23.1 Å². The molecule has 4 rings (SSSR count). The van der Waals surface area contributed by atoms with E-state index in [1.807, 2.05) is 6.07 Å². The average molecular weight is 318 g/mol. The van der Waals surface area contributed by atoms with Crippen LogP contribution in [0.15, 0.2) is 61.1 Å². The lowest BCUT2D eigenvalue weighted by molar-refractivity contribution is -0.658. The predicted octanol–water partition coefficient (Wildman–Crippen LogP) is 3.25. The number of aromatic nitrogens is 3. The van der Waals surface area contributed by atoms with Gasteiger partial charge in [0.1, 0.15) is 0 Å². The summed E-state index contributed by atoms with van der Waals surface area (Å²) in [6.45, 7) is 4.31. The fraction of sp³-hybridized carbons (Fsp3) is 0.211. The maximum Gasteiger partial charge on any atom is 0.284 e. The topological polar surface area (TPSA) is 36.1 Å². The van der Waals surface area contributed by atoms with E-state index in [0.717, 1.165) is 23.1 Å². The minimum Gasteiger partial charge on any atom is -0.281 e. The molecule has 0 N–H and O–H groups in total. The van der Waals surface area contributed by atoms with Crippen LogP contribution in [0.2, 0.25) is 0 Å². The molecule has 1 aliphatic heterocycles. The van der Waals surface area contributed by atoms with Gasteiger partial charge >= 0.3 is 0 Å². The van der Waals surface area contributed by atoms with E-state index in [9.17, 15) is 0 Å². The van der Waals surface area contributed by atoms with E-state index in [4.69, 9.17) is 0 Å². The number of para-hydroxylation sites is 1. The Kier molecular flexibility index (Phi) is 3.41. The third-order valence-electron chi connectivity index (χ3n) is 4.51. The lowest BCUT2D eigenvalue weighted by atomic mass is 10.2. The minimum absolute atomic E-state index is 0.0806. The number of hydrogen-bond acceptors (Lipinski definition) is 4. The van der Waals surface area contributed by atoms with Gasteiger partial charge in [-0.1, -0.05) is 24.3 Å². The van der Waals surface area contributed by atoms with Gasteiger partial charge in [0.05, 0.1) is 13.2 Å². The van der Waals surface area contributed by atoms with Gasteiger partial charge in [-0.2, -0.15) is 4.90 Å².